The molecule has 0 saturated carbocycles. The standard InChI is InChI=1S/C20H16Cl2N2O/c21-17-9-8-16(20(22)12-17)14-25-19-10-6-15(7-11-19)13-23-24-18-4-2-1-3-5-18/h1-13,24H,14H2/b23-13-. The summed E-state index contributed by atoms with van der Waals surface area (Å²) in [5.74, 6) is 0.763. The van der Waals surface area contributed by atoms with Crippen molar-refractivity contribution < 1.29 is 4.74 Å². The number of nitrogens with one attached hydrogen (secondary N) is 1. The van der Waals surface area contributed by atoms with E-state index in [4.69, 9.17) is 27.9 Å². The molecule has 25 heavy (non-hydrogen) atoms. The summed E-state index contributed by atoms with van der Waals surface area (Å²) in [6, 6.07) is 22.8. The highest BCUT2D eigenvalue weighted by Crippen LogP contribution is 2.22. The van der Waals surface area contributed by atoms with Crippen LogP contribution in [0.3, 0.4) is 0 Å². The number of hydrogen-bond acceptors (Lipinski definition) is 3. The molecular weight excluding hydrogens is 355 g/mol. The molecule has 0 aliphatic rings. The number of hydrogen-bond donors (Lipinski definition) is 1. The number of ether oxygens (including phenoxy) is 1. The normalized spacial score (nSPS) is 10.8. The molecule has 0 bridgehead atoms. The monoisotopic (exact) mass is 370 g/mol. The van der Waals surface area contributed by atoms with Crippen LogP contribution in [0.15, 0.2) is 77.9 Å². The molecule has 126 valence electrons. The average Bonchev–Trinajstić information content (AvgIpc) is 2.63. The molecule has 0 unspecified atom stereocenters. The molecule has 0 spiro atoms. The molecule has 3 aromatic rings. The van der Waals surface area contributed by atoms with Crippen LogP contribution in [-0.2, 0) is 6.61 Å². The zero-order valence-electron chi connectivity index (χ0n) is 13.3. The number of para-hydroxylation sites is 1. The maximum absolute atomic E-state index is 6.14. The lowest BCUT2D eigenvalue weighted by Crippen LogP contribution is -1.96. The molecule has 0 amide bonds. The summed E-state index contributed by atoms with van der Waals surface area (Å²) in [6.07, 6.45) is 1.76. The van der Waals surface area contributed by atoms with E-state index in [1.807, 2.05) is 60.7 Å². The first-order valence-corrected chi connectivity index (χ1v) is 8.47. The Morgan fingerprint density at radius 2 is 1.68 bits per heavy atom. The first kappa shape index (κ1) is 17.3. The smallest absolute Gasteiger partial charge is 0.119 e. The quantitative estimate of drug-likeness (QED) is 0.425. The maximum atomic E-state index is 6.14. The molecule has 3 nitrogen and oxygen atoms in total. The molecule has 0 atom stereocenters. The summed E-state index contributed by atoms with van der Waals surface area (Å²) in [5.41, 5.74) is 5.79. The predicted molar refractivity (Wildman–Crippen MR) is 105 cm³/mol. The van der Waals surface area contributed by atoms with Crippen molar-refractivity contribution in [2.45, 2.75) is 6.61 Å². The molecule has 0 heterocycles. The van der Waals surface area contributed by atoms with Crippen LogP contribution in [0.25, 0.3) is 0 Å². The third-order valence-electron chi connectivity index (χ3n) is 3.47. The molecule has 1 N–H and O–H groups in total. The second-order valence-corrected chi connectivity index (χ2v) is 6.17. The van der Waals surface area contributed by atoms with Gasteiger partial charge in [-0.05, 0) is 54.1 Å². The van der Waals surface area contributed by atoms with Gasteiger partial charge in [-0.1, -0.05) is 47.5 Å². The van der Waals surface area contributed by atoms with Crippen LogP contribution >= 0.6 is 23.2 Å². The van der Waals surface area contributed by atoms with Crippen molar-refractivity contribution in [2.24, 2.45) is 5.10 Å². The van der Waals surface area contributed by atoms with Gasteiger partial charge in [-0.3, -0.25) is 5.43 Å². The molecule has 0 fully saturated rings. The summed E-state index contributed by atoms with van der Waals surface area (Å²) in [7, 11) is 0. The molecule has 0 radical (unpaired) electrons. The topological polar surface area (TPSA) is 33.6 Å². The Bertz CT molecular complexity index is 849. The lowest BCUT2D eigenvalue weighted by Gasteiger charge is -2.08. The van der Waals surface area contributed by atoms with Gasteiger partial charge in [0, 0.05) is 15.6 Å². The van der Waals surface area contributed by atoms with E-state index in [2.05, 4.69) is 10.5 Å². The number of nitrogens with zero attached hydrogens (tertiary/aromatic N) is 1. The number of hydrazone groups is 1. The fraction of sp³-hybridized carbons (Fsp3) is 0.0500. The highest BCUT2D eigenvalue weighted by atomic mass is 35.5. The van der Waals surface area contributed by atoms with Crippen LogP contribution < -0.4 is 10.2 Å². The third-order valence-corrected chi connectivity index (χ3v) is 4.06. The van der Waals surface area contributed by atoms with Crippen LogP contribution in [0.1, 0.15) is 11.1 Å². The van der Waals surface area contributed by atoms with Gasteiger partial charge in [-0.15, -0.1) is 0 Å². The number of rotatable bonds is 6. The van der Waals surface area contributed by atoms with Crippen molar-refractivity contribution in [1.82, 2.24) is 0 Å². The second-order valence-electron chi connectivity index (χ2n) is 5.33. The zero-order valence-corrected chi connectivity index (χ0v) is 14.8. The minimum absolute atomic E-state index is 0.388. The van der Waals surface area contributed by atoms with Crippen molar-refractivity contribution in [3.63, 3.8) is 0 Å². The Balaban J connectivity index is 1.55. The lowest BCUT2D eigenvalue weighted by atomic mass is 10.2. The lowest BCUT2D eigenvalue weighted by molar-refractivity contribution is 0.306. The molecule has 0 aliphatic carbocycles. The van der Waals surface area contributed by atoms with E-state index in [0.717, 1.165) is 22.6 Å². The molecule has 5 heteroatoms. The van der Waals surface area contributed by atoms with E-state index in [0.29, 0.717) is 16.7 Å². The maximum Gasteiger partial charge on any atom is 0.119 e. The number of benzene rings is 3. The van der Waals surface area contributed by atoms with Crippen molar-refractivity contribution in [1.29, 1.82) is 0 Å². The van der Waals surface area contributed by atoms with Crippen molar-refractivity contribution in [2.75, 3.05) is 5.43 Å². The molecular formula is C20H16Cl2N2O. The molecule has 0 aromatic heterocycles. The van der Waals surface area contributed by atoms with Gasteiger partial charge in [0.1, 0.15) is 12.4 Å². The van der Waals surface area contributed by atoms with E-state index < -0.39 is 0 Å². The zero-order chi connectivity index (χ0) is 17.5. The van der Waals surface area contributed by atoms with E-state index in [1.165, 1.54) is 0 Å². The van der Waals surface area contributed by atoms with E-state index >= 15 is 0 Å². The Morgan fingerprint density at radius 3 is 2.40 bits per heavy atom. The van der Waals surface area contributed by atoms with Crippen molar-refractivity contribution in [3.05, 3.63) is 94.0 Å². The SMILES string of the molecule is Clc1ccc(COc2ccc(/C=N\Nc3ccccc3)cc2)c(Cl)c1. The fourth-order valence-electron chi connectivity index (χ4n) is 2.14. The summed E-state index contributed by atoms with van der Waals surface area (Å²) in [6.45, 7) is 0.388. The predicted octanol–water partition coefficient (Wildman–Crippen LogP) is 6.02. The first-order valence-electron chi connectivity index (χ1n) is 7.71. The minimum atomic E-state index is 0.388. The van der Waals surface area contributed by atoms with E-state index in [1.54, 1.807) is 18.3 Å². The van der Waals surface area contributed by atoms with Crippen LogP contribution in [0.2, 0.25) is 10.0 Å². The second kappa shape index (κ2) is 8.56. The van der Waals surface area contributed by atoms with Crippen LogP contribution in [0, 0.1) is 0 Å². The van der Waals surface area contributed by atoms with Crippen LogP contribution in [0.4, 0.5) is 5.69 Å². The van der Waals surface area contributed by atoms with E-state index in [-0.39, 0.29) is 0 Å². The highest BCUT2D eigenvalue weighted by molar-refractivity contribution is 6.35. The summed E-state index contributed by atoms with van der Waals surface area (Å²) >= 11 is 12.0. The summed E-state index contributed by atoms with van der Waals surface area (Å²) in [4.78, 5) is 0. The summed E-state index contributed by atoms with van der Waals surface area (Å²) in [5, 5.41) is 5.42. The summed E-state index contributed by atoms with van der Waals surface area (Å²) < 4.78 is 5.75. The molecule has 3 aromatic carbocycles. The van der Waals surface area contributed by atoms with Gasteiger partial charge in [0.2, 0.25) is 0 Å². The van der Waals surface area contributed by atoms with Gasteiger partial charge < -0.3 is 4.74 Å². The first-order chi connectivity index (χ1) is 12.2. The van der Waals surface area contributed by atoms with Crippen molar-refractivity contribution in [3.8, 4) is 5.75 Å². The molecule has 3 rings (SSSR count). The van der Waals surface area contributed by atoms with Gasteiger partial charge in [0.25, 0.3) is 0 Å². The van der Waals surface area contributed by atoms with Gasteiger partial charge >= 0.3 is 0 Å². The highest BCUT2D eigenvalue weighted by Gasteiger charge is 2.02. The fourth-order valence-corrected chi connectivity index (χ4v) is 2.61. The van der Waals surface area contributed by atoms with Gasteiger partial charge in [-0.2, -0.15) is 5.10 Å². The van der Waals surface area contributed by atoms with Crippen LogP contribution in [0.5, 0.6) is 5.75 Å². The number of anilines is 1. The average molecular weight is 371 g/mol. The Hall–Kier alpha value is -2.49. The van der Waals surface area contributed by atoms with Gasteiger partial charge in [-0.25, -0.2) is 0 Å². The van der Waals surface area contributed by atoms with E-state index in [9.17, 15) is 0 Å². The molecule has 0 aliphatic heterocycles. The Morgan fingerprint density at radius 1 is 0.920 bits per heavy atom. The van der Waals surface area contributed by atoms with Gasteiger partial charge in [0.15, 0.2) is 0 Å². The van der Waals surface area contributed by atoms with Crippen molar-refractivity contribution >= 4 is 35.1 Å². The molecule has 0 saturated heterocycles. The number of halogens is 2. The minimum Gasteiger partial charge on any atom is -0.489 e. The largest absolute Gasteiger partial charge is 0.489 e. The van der Waals surface area contributed by atoms with Crippen LogP contribution in [-0.4, -0.2) is 6.21 Å². The third kappa shape index (κ3) is 5.24. The Kier molecular flexibility index (Phi) is 5.94. The Labute approximate surface area is 156 Å². The van der Waals surface area contributed by atoms with Gasteiger partial charge in [0.05, 0.1) is 11.9 Å².